The number of anilines is 1. The molecule has 0 aliphatic heterocycles. The minimum atomic E-state index is 0.978. The molecule has 0 unspecified atom stereocenters. The molecule has 0 aliphatic carbocycles. The Morgan fingerprint density at radius 2 is 1.94 bits per heavy atom. The van der Waals surface area contributed by atoms with Gasteiger partial charge in [-0.15, -0.1) is 0 Å². The zero-order chi connectivity index (χ0) is 13.0. The van der Waals surface area contributed by atoms with E-state index in [2.05, 4.69) is 67.6 Å². The predicted octanol–water partition coefficient (Wildman–Crippen LogP) is 3.38. The van der Waals surface area contributed by atoms with Gasteiger partial charge in [-0.2, -0.15) is 0 Å². The molecule has 0 atom stereocenters. The summed E-state index contributed by atoms with van der Waals surface area (Å²) >= 11 is 0. The van der Waals surface area contributed by atoms with Gasteiger partial charge in [0.25, 0.3) is 0 Å². The quantitative estimate of drug-likeness (QED) is 0.864. The van der Waals surface area contributed by atoms with Crippen molar-refractivity contribution in [1.82, 2.24) is 4.90 Å². The lowest BCUT2D eigenvalue weighted by atomic mass is 10.0. The zero-order valence-corrected chi connectivity index (χ0v) is 11.5. The summed E-state index contributed by atoms with van der Waals surface area (Å²) in [6.07, 6.45) is 1.09. The van der Waals surface area contributed by atoms with E-state index in [4.69, 9.17) is 0 Å². The number of nitrogens with one attached hydrogen (secondary N) is 1. The first-order valence-electron chi connectivity index (χ1n) is 6.61. The largest absolute Gasteiger partial charge is 0.384 e. The van der Waals surface area contributed by atoms with E-state index in [9.17, 15) is 0 Å². The normalized spacial score (nSPS) is 11.1. The Morgan fingerprint density at radius 1 is 1.11 bits per heavy atom. The lowest BCUT2D eigenvalue weighted by molar-refractivity contribution is 0.425. The Morgan fingerprint density at radius 3 is 2.67 bits per heavy atom. The van der Waals surface area contributed by atoms with Gasteiger partial charge in [-0.25, -0.2) is 0 Å². The van der Waals surface area contributed by atoms with Gasteiger partial charge in [-0.05, 0) is 49.0 Å². The van der Waals surface area contributed by atoms with Crippen LogP contribution in [0.2, 0.25) is 0 Å². The molecule has 2 aromatic carbocycles. The van der Waals surface area contributed by atoms with Crippen molar-refractivity contribution in [2.24, 2.45) is 0 Å². The van der Waals surface area contributed by atoms with Crippen LogP contribution < -0.4 is 5.32 Å². The first-order chi connectivity index (χ1) is 8.70. The molecular formula is C16H22N2. The molecule has 0 spiro atoms. The summed E-state index contributed by atoms with van der Waals surface area (Å²) in [5.74, 6) is 0. The number of fused-ring (bicyclic) bond motifs is 1. The fourth-order valence-corrected chi connectivity index (χ4v) is 2.19. The van der Waals surface area contributed by atoms with E-state index in [0.717, 1.165) is 19.5 Å². The van der Waals surface area contributed by atoms with Gasteiger partial charge in [0.15, 0.2) is 0 Å². The Balaban J connectivity index is 2.17. The van der Waals surface area contributed by atoms with Gasteiger partial charge in [0.05, 0.1) is 0 Å². The van der Waals surface area contributed by atoms with Crippen LogP contribution in [0.5, 0.6) is 0 Å². The predicted molar refractivity (Wildman–Crippen MR) is 80.4 cm³/mol. The van der Waals surface area contributed by atoms with Gasteiger partial charge in [0, 0.05) is 18.8 Å². The maximum Gasteiger partial charge on any atom is 0.0347 e. The van der Waals surface area contributed by atoms with Crippen molar-refractivity contribution in [3.05, 3.63) is 42.0 Å². The topological polar surface area (TPSA) is 15.3 Å². The van der Waals surface area contributed by atoms with Crippen molar-refractivity contribution in [2.75, 3.05) is 32.5 Å². The van der Waals surface area contributed by atoms with Crippen molar-refractivity contribution < 1.29 is 0 Å². The summed E-state index contributed by atoms with van der Waals surface area (Å²) in [7, 11) is 4.19. The highest BCUT2D eigenvalue weighted by molar-refractivity contribution is 5.88. The number of hydrogen-bond donors (Lipinski definition) is 1. The summed E-state index contributed by atoms with van der Waals surface area (Å²) in [6.45, 7) is 4.23. The van der Waals surface area contributed by atoms with Crippen LogP contribution in [0.15, 0.2) is 36.4 Å². The Hall–Kier alpha value is -1.54. The summed E-state index contributed by atoms with van der Waals surface area (Å²) in [5, 5.41) is 6.16. The molecule has 1 N–H and O–H groups in total. The van der Waals surface area contributed by atoms with Crippen molar-refractivity contribution >= 4 is 16.5 Å². The fraction of sp³-hybridized carbons (Fsp3) is 0.375. The maximum absolute atomic E-state index is 3.46. The Kier molecular flexibility index (Phi) is 4.21. The lowest BCUT2D eigenvalue weighted by Gasteiger charge is -2.12. The second kappa shape index (κ2) is 5.87. The molecule has 2 rings (SSSR count). The Labute approximate surface area is 110 Å². The third kappa shape index (κ3) is 3.02. The standard InChI is InChI=1S/C16H22N2/c1-4-13-6-5-7-14-12-15(8-9-16(13)14)17-10-11-18(2)3/h5-9,12,17H,4,10-11H2,1-3H3. The molecule has 96 valence electrons. The van der Waals surface area contributed by atoms with Crippen LogP contribution in [-0.2, 0) is 6.42 Å². The highest BCUT2D eigenvalue weighted by atomic mass is 15.1. The maximum atomic E-state index is 3.46. The SMILES string of the molecule is CCc1cccc2cc(NCCN(C)C)ccc12. The van der Waals surface area contributed by atoms with Crippen molar-refractivity contribution in [2.45, 2.75) is 13.3 Å². The summed E-state index contributed by atoms with van der Waals surface area (Å²) in [6, 6.07) is 13.2. The fourth-order valence-electron chi connectivity index (χ4n) is 2.19. The second-order valence-corrected chi connectivity index (χ2v) is 4.94. The molecular weight excluding hydrogens is 220 g/mol. The minimum Gasteiger partial charge on any atom is -0.384 e. The molecule has 2 heteroatoms. The molecule has 0 aliphatic rings. The van der Waals surface area contributed by atoms with E-state index in [1.807, 2.05) is 0 Å². The zero-order valence-electron chi connectivity index (χ0n) is 11.5. The number of aryl methyl sites for hydroxylation is 1. The molecule has 0 radical (unpaired) electrons. The summed E-state index contributed by atoms with van der Waals surface area (Å²) in [4.78, 5) is 2.18. The van der Waals surface area contributed by atoms with Gasteiger partial charge in [0.1, 0.15) is 0 Å². The molecule has 0 fully saturated rings. The van der Waals surface area contributed by atoms with E-state index in [-0.39, 0.29) is 0 Å². The monoisotopic (exact) mass is 242 g/mol. The van der Waals surface area contributed by atoms with E-state index < -0.39 is 0 Å². The molecule has 0 bridgehead atoms. The molecule has 0 heterocycles. The smallest absolute Gasteiger partial charge is 0.0347 e. The van der Waals surface area contributed by atoms with Gasteiger partial charge >= 0.3 is 0 Å². The van der Waals surface area contributed by atoms with Crippen LogP contribution in [0, 0.1) is 0 Å². The van der Waals surface area contributed by atoms with Gasteiger partial charge in [0.2, 0.25) is 0 Å². The molecule has 2 nitrogen and oxygen atoms in total. The highest BCUT2D eigenvalue weighted by Gasteiger charge is 2.00. The van der Waals surface area contributed by atoms with Crippen LogP contribution in [0.3, 0.4) is 0 Å². The van der Waals surface area contributed by atoms with Gasteiger partial charge in [-0.1, -0.05) is 31.2 Å². The van der Waals surface area contributed by atoms with Crippen LogP contribution in [0.1, 0.15) is 12.5 Å². The van der Waals surface area contributed by atoms with Crippen LogP contribution >= 0.6 is 0 Å². The van der Waals surface area contributed by atoms with Gasteiger partial charge in [-0.3, -0.25) is 0 Å². The molecule has 0 aromatic heterocycles. The molecule has 2 aromatic rings. The average molecular weight is 242 g/mol. The van der Waals surface area contributed by atoms with Crippen molar-refractivity contribution in [3.8, 4) is 0 Å². The van der Waals surface area contributed by atoms with E-state index in [1.54, 1.807) is 0 Å². The van der Waals surface area contributed by atoms with Crippen LogP contribution in [0.25, 0.3) is 10.8 Å². The third-order valence-electron chi connectivity index (χ3n) is 3.24. The first kappa shape index (κ1) is 12.9. The summed E-state index contributed by atoms with van der Waals surface area (Å²) in [5.41, 5.74) is 2.63. The second-order valence-electron chi connectivity index (χ2n) is 4.94. The number of nitrogens with zero attached hydrogens (tertiary/aromatic N) is 1. The first-order valence-corrected chi connectivity index (χ1v) is 6.61. The van der Waals surface area contributed by atoms with Crippen molar-refractivity contribution in [3.63, 3.8) is 0 Å². The molecule has 0 amide bonds. The lowest BCUT2D eigenvalue weighted by Crippen LogP contribution is -2.20. The van der Waals surface area contributed by atoms with Gasteiger partial charge < -0.3 is 10.2 Å². The number of rotatable bonds is 5. The molecule has 0 saturated carbocycles. The highest BCUT2D eigenvalue weighted by Crippen LogP contribution is 2.22. The summed E-state index contributed by atoms with van der Waals surface area (Å²) < 4.78 is 0. The van der Waals surface area contributed by atoms with Crippen LogP contribution in [0.4, 0.5) is 5.69 Å². The minimum absolute atomic E-state index is 0.978. The van der Waals surface area contributed by atoms with Crippen molar-refractivity contribution in [1.29, 1.82) is 0 Å². The number of likely N-dealkylation sites (N-methyl/N-ethyl adjacent to an activating group) is 1. The molecule has 0 saturated heterocycles. The molecule has 18 heavy (non-hydrogen) atoms. The Bertz CT molecular complexity index is 517. The van der Waals surface area contributed by atoms with E-state index in [1.165, 1.54) is 22.0 Å². The number of hydrogen-bond acceptors (Lipinski definition) is 2. The van der Waals surface area contributed by atoms with Crippen LogP contribution in [-0.4, -0.2) is 32.1 Å². The average Bonchev–Trinajstić information content (AvgIpc) is 2.37. The van der Waals surface area contributed by atoms with E-state index in [0.29, 0.717) is 0 Å². The van der Waals surface area contributed by atoms with E-state index >= 15 is 0 Å². The number of benzene rings is 2. The third-order valence-corrected chi connectivity index (χ3v) is 3.24.